The molecule has 0 spiro atoms. The van der Waals surface area contributed by atoms with Gasteiger partial charge in [-0.3, -0.25) is 4.79 Å². The summed E-state index contributed by atoms with van der Waals surface area (Å²) in [5.74, 6) is 0. The number of aromatic amines is 1. The first kappa shape index (κ1) is 17.8. The van der Waals surface area contributed by atoms with Crippen LogP contribution in [-0.4, -0.2) is 4.98 Å². The van der Waals surface area contributed by atoms with Crippen molar-refractivity contribution in [3.05, 3.63) is 53.3 Å². The van der Waals surface area contributed by atoms with E-state index >= 15 is 0 Å². The van der Waals surface area contributed by atoms with Crippen LogP contribution in [0.15, 0.2) is 17.1 Å². The van der Waals surface area contributed by atoms with Crippen LogP contribution in [0.4, 0.5) is 13.2 Å². The number of alkyl halides is 3. The molecule has 2 rings (SSSR count). The molecule has 10 heteroatoms. The van der Waals surface area contributed by atoms with E-state index in [1.165, 1.54) is 0 Å². The zero-order valence-corrected chi connectivity index (χ0v) is 13.9. The van der Waals surface area contributed by atoms with Gasteiger partial charge < -0.3 is 4.98 Å². The molecule has 1 aromatic heterocycles. The van der Waals surface area contributed by atoms with Gasteiger partial charge in [0.1, 0.15) is 0 Å². The van der Waals surface area contributed by atoms with E-state index in [2.05, 4.69) is 4.98 Å². The van der Waals surface area contributed by atoms with Crippen molar-refractivity contribution < 1.29 is 13.2 Å². The van der Waals surface area contributed by atoms with Crippen LogP contribution >= 0.6 is 58.0 Å². The Hall–Kier alpha value is -0.590. The first-order valence-corrected chi connectivity index (χ1v) is 7.27. The van der Waals surface area contributed by atoms with Gasteiger partial charge in [-0.1, -0.05) is 58.0 Å². The van der Waals surface area contributed by atoms with Gasteiger partial charge in [0, 0.05) is 11.8 Å². The van der Waals surface area contributed by atoms with E-state index in [-0.39, 0.29) is 15.1 Å². The Morgan fingerprint density at radius 2 is 1.27 bits per heavy atom. The maximum absolute atomic E-state index is 13.1. The third-order valence-corrected chi connectivity index (χ3v) is 5.00. The van der Waals surface area contributed by atoms with Gasteiger partial charge >= 0.3 is 6.18 Å². The molecule has 0 fully saturated rings. The fraction of sp³-hybridized carbons (Fsp3) is 0.0833. The molecule has 0 radical (unpaired) electrons. The summed E-state index contributed by atoms with van der Waals surface area (Å²) in [6.45, 7) is 0. The first-order valence-electron chi connectivity index (χ1n) is 5.38. The Kier molecular flexibility index (Phi) is 4.95. The van der Waals surface area contributed by atoms with E-state index in [0.717, 1.165) is 6.20 Å². The smallest absolute Gasteiger partial charge is 0.329 e. The SMILES string of the molecule is O=c1[nH]ccc(C(F)(F)F)c1-c1c(Cl)c(Cl)c(Cl)c(Cl)c1Cl. The molecule has 0 aliphatic heterocycles. The third kappa shape index (κ3) is 2.93. The van der Waals surface area contributed by atoms with Crippen molar-refractivity contribution in [1.82, 2.24) is 4.98 Å². The molecular weight excluding hydrogens is 408 g/mol. The maximum Gasteiger partial charge on any atom is 0.417 e. The number of hydrogen-bond donors (Lipinski definition) is 1. The highest BCUT2D eigenvalue weighted by atomic mass is 35.5. The minimum absolute atomic E-state index is 0.219. The van der Waals surface area contributed by atoms with E-state index in [9.17, 15) is 18.0 Å². The molecule has 1 heterocycles. The van der Waals surface area contributed by atoms with Crippen LogP contribution in [0.2, 0.25) is 25.1 Å². The third-order valence-electron chi connectivity index (χ3n) is 2.73. The molecule has 0 unspecified atom stereocenters. The van der Waals surface area contributed by atoms with E-state index < -0.39 is 38.5 Å². The average Bonchev–Trinajstić information content (AvgIpc) is 2.43. The molecule has 0 saturated carbocycles. The molecule has 0 atom stereocenters. The van der Waals surface area contributed by atoms with Crippen LogP contribution in [0, 0.1) is 0 Å². The highest BCUT2D eigenvalue weighted by Gasteiger charge is 2.37. The van der Waals surface area contributed by atoms with Crippen LogP contribution in [0.1, 0.15) is 5.56 Å². The number of halogens is 8. The molecule has 2 nitrogen and oxygen atoms in total. The van der Waals surface area contributed by atoms with Crippen LogP contribution < -0.4 is 5.56 Å². The van der Waals surface area contributed by atoms with Gasteiger partial charge in [0.2, 0.25) is 0 Å². The number of hydrogen-bond acceptors (Lipinski definition) is 1. The lowest BCUT2D eigenvalue weighted by Crippen LogP contribution is -2.17. The van der Waals surface area contributed by atoms with E-state index in [1.54, 1.807) is 0 Å². The number of H-pyrrole nitrogens is 1. The molecule has 0 aliphatic carbocycles. The van der Waals surface area contributed by atoms with Crippen LogP contribution in [0.5, 0.6) is 0 Å². The molecular formula is C12H3Cl5F3NO. The molecule has 118 valence electrons. The summed E-state index contributed by atoms with van der Waals surface area (Å²) >= 11 is 29.3. The quantitative estimate of drug-likeness (QED) is 0.432. The topological polar surface area (TPSA) is 32.9 Å². The minimum Gasteiger partial charge on any atom is -0.329 e. The molecule has 1 aromatic carbocycles. The van der Waals surface area contributed by atoms with Crippen molar-refractivity contribution in [2.75, 3.05) is 0 Å². The van der Waals surface area contributed by atoms with E-state index in [1.807, 2.05) is 0 Å². The average molecular weight is 411 g/mol. The normalized spacial score (nSPS) is 11.8. The Morgan fingerprint density at radius 1 is 0.818 bits per heavy atom. The van der Waals surface area contributed by atoms with Gasteiger partial charge in [-0.15, -0.1) is 0 Å². The Balaban J connectivity index is 3.00. The zero-order chi connectivity index (χ0) is 16.8. The molecule has 2 aromatic rings. The van der Waals surface area contributed by atoms with Gasteiger partial charge in [-0.25, -0.2) is 0 Å². The van der Waals surface area contributed by atoms with Crippen molar-refractivity contribution in [2.45, 2.75) is 6.18 Å². The predicted octanol–water partition coefficient (Wildman–Crippen LogP) is 6.33. The lowest BCUT2D eigenvalue weighted by molar-refractivity contribution is -0.137. The molecule has 1 N–H and O–H groups in total. The maximum atomic E-state index is 13.1. The lowest BCUT2D eigenvalue weighted by Gasteiger charge is -2.16. The van der Waals surface area contributed by atoms with Gasteiger partial charge in [0.15, 0.2) is 0 Å². The fourth-order valence-corrected chi connectivity index (χ4v) is 3.11. The summed E-state index contributed by atoms with van der Waals surface area (Å²) in [5.41, 5.74) is -3.50. The second kappa shape index (κ2) is 6.13. The van der Waals surface area contributed by atoms with E-state index in [0.29, 0.717) is 6.07 Å². The highest BCUT2D eigenvalue weighted by molar-refractivity contribution is 6.56. The van der Waals surface area contributed by atoms with Crippen molar-refractivity contribution in [1.29, 1.82) is 0 Å². The van der Waals surface area contributed by atoms with Crippen LogP contribution in [-0.2, 0) is 6.18 Å². The standard InChI is InChI=1S/C12H3Cl5F3NO/c13-6-5(7(14)9(16)10(17)8(6)15)4-3(12(18,19)20)1-2-21-11(4)22/h1-2H,(H,21,22). The van der Waals surface area contributed by atoms with Gasteiger partial charge in [0.05, 0.1) is 36.2 Å². The summed E-state index contributed by atoms with van der Waals surface area (Å²) in [6, 6.07) is 0.680. The van der Waals surface area contributed by atoms with Crippen molar-refractivity contribution in [3.63, 3.8) is 0 Å². The molecule has 0 bridgehead atoms. The fourth-order valence-electron chi connectivity index (χ4n) is 1.79. The number of pyridine rings is 1. The number of aromatic nitrogens is 1. The van der Waals surface area contributed by atoms with E-state index in [4.69, 9.17) is 58.0 Å². The lowest BCUT2D eigenvalue weighted by atomic mass is 10.0. The number of benzene rings is 1. The second-order valence-corrected chi connectivity index (χ2v) is 5.93. The highest BCUT2D eigenvalue weighted by Crippen LogP contribution is 2.49. The summed E-state index contributed by atoms with van der Waals surface area (Å²) in [4.78, 5) is 14.0. The van der Waals surface area contributed by atoms with Crippen molar-refractivity contribution in [2.24, 2.45) is 0 Å². The zero-order valence-electron chi connectivity index (χ0n) is 10.1. The van der Waals surface area contributed by atoms with Gasteiger partial charge in [0.25, 0.3) is 5.56 Å². The second-order valence-electron chi connectivity index (χ2n) is 4.04. The molecule has 0 saturated heterocycles. The Labute approximate surface area is 146 Å². The Bertz CT molecular complexity index is 787. The molecule has 0 amide bonds. The van der Waals surface area contributed by atoms with Gasteiger partial charge in [-0.05, 0) is 6.07 Å². The predicted molar refractivity (Wildman–Crippen MR) is 82.6 cm³/mol. The number of rotatable bonds is 1. The largest absolute Gasteiger partial charge is 0.417 e. The Morgan fingerprint density at radius 3 is 1.73 bits per heavy atom. The summed E-state index contributed by atoms with van der Waals surface area (Å²) in [5, 5.41) is -1.62. The summed E-state index contributed by atoms with van der Waals surface area (Å²) < 4.78 is 39.4. The molecule has 0 aliphatic rings. The minimum atomic E-state index is -4.81. The van der Waals surface area contributed by atoms with Gasteiger partial charge in [-0.2, -0.15) is 13.2 Å². The number of nitrogens with one attached hydrogen (secondary N) is 1. The van der Waals surface area contributed by atoms with Crippen LogP contribution in [0.25, 0.3) is 11.1 Å². The monoisotopic (exact) mass is 409 g/mol. The van der Waals surface area contributed by atoms with Crippen LogP contribution in [0.3, 0.4) is 0 Å². The van der Waals surface area contributed by atoms with Crippen molar-refractivity contribution in [3.8, 4) is 11.1 Å². The van der Waals surface area contributed by atoms with Crippen molar-refractivity contribution >= 4 is 58.0 Å². The molecule has 22 heavy (non-hydrogen) atoms. The summed E-state index contributed by atoms with van der Waals surface area (Å²) in [6.07, 6.45) is -3.95. The summed E-state index contributed by atoms with van der Waals surface area (Å²) in [7, 11) is 0. The first-order chi connectivity index (χ1) is 10.1.